The molecule has 1 fully saturated rings. The zero-order chi connectivity index (χ0) is 19.6. The number of halogens is 1. The number of fused-ring (bicyclic) bond motifs is 1. The summed E-state index contributed by atoms with van der Waals surface area (Å²) in [5.41, 5.74) is 1.30. The van der Waals surface area contributed by atoms with Crippen LogP contribution in [0, 0.1) is 0 Å². The average molecular weight is 506 g/mol. The Morgan fingerprint density at radius 1 is 1.52 bits per heavy atom. The van der Waals surface area contributed by atoms with Gasteiger partial charge in [0.25, 0.3) is 0 Å². The van der Waals surface area contributed by atoms with Crippen molar-refractivity contribution >= 4 is 55.6 Å². The van der Waals surface area contributed by atoms with Gasteiger partial charge < -0.3 is 10.3 Å². The van der Waals surface area contributed by atoms with Crippen molar-refractivity contribution in [3.63, 3.8) is 0 Å². The second-order valence-corrected chi connectivity index (χ2v) is 10.1. The molecule has 0 bridgehead atoms. The Labute approximate surface area is 171 Å². The normalized spacial score (nSPS) is 22.5. The van der Waals surface area contributed by atoms with Gasteiger partial charge in [-0.15, -0.1) is 0 Å². The monoisotopic (exact) mass is 506 g/mol. The highest BCUT2D eigenvalue weighted by Crippen LogP contribution is 2.28. The molecule has 0 aromatic carbocycles. The molecule has 2 aromatic rings. The van der Waals surface area contributed by atoms with Gasteiger partial charge in [-0.3, -0.25) is 5.32 Å². The van der Waals surface area contributed by atoms with Gasteiger partial charge in [0.05, 0.1) is 21.5 Å². The van der Waals surface area contributed by atoms with Crippen LogP contribution in [0.5, 0.6) is 0 Å². The van der Waals surface area contributed by atoms with E-state index in [-0.39, 0.29) is 10.1 Å². The average Bonchev–Trinajstić information content (AvgIpc) is 3.10. The molecule has 2 aromatic heterocycles. The molecule has 27 heavy (non-hydrogen) atoms. The third-order valence-electron chi connectivity index (χ3n) is 4.73. The molecule has 0 radical (unpaired) electrons. The van der Waals surface area contributed by atoms with Crippen LogP contribution in [-0.4, -0.2) is 55.6 Å². The first-order valence-electron chi connectivity index (χ1n) is 8.85. The fourth-order valence-corrected chi connectivity index (χ4v) is 6.45. The maximum atomic E-state index is 12.7. The minimum absolute atomic E-state index is 0.276. The van der Waals surface area contributed by atoms with Gasteiger partial charge >= 0.3 is 6.03 Å². The number of urea groups is 1. The van der Waals surface area contributed by atoms with E-state index in [0.29, 0.717) is 36.4 Å². The molecule has 1 aliphatic heterocycles. The predicted octanol–water partition coefficient (Wildman–Crippen LogP) is 2.43. The standard InChI is InChI=1S/C16H23IN6O3S/c1-3-10(2)27(25,26)23-8-4-5-11(14(23)17)21-16(24)22-13-9-19-15-12(20-13)6-7-18-15/h6-7,9-11,14H,3-5,8H2,1-2H3,(H,18,19)(H2,20,21,22,24). The van der Waals surface area contributed by atoms with E-state index in [4.69, 9.17) is 0 Å². The minimum Gasteiger partial charge on any atom is -0.345 e. The van der Waals surface area contributed by atoms with Crippen LogP contribution >= 0.6 is 22.6 Å². The number of anilines is 1. The van der Waals surface area contributed by atoms with E-state index in [0.717, 1.165) is 6.42 Å². The number of hydrogen-bond donors (Lipinski definition) is 3. The Kier molecular flexibility index (Phi) is 6.21. The molecule has 11 heteroatoms. The van der Waals surface area contributed by atoms with Crippen molar-refractivity contribution in [1.29, 1.82) is 0 Å². The summed E-state index contributed by atoms with van der Waals surface area (Å²) in [5, 5.41) is 5.11. The lowest BCUT2D eigenvalue weighted by Crippen LogP contribution is -2.56. The molecule has 3 N–H and O–H groups in total. The van der Waals surface area contributed by atoms with Crippen LogP contribution in [0.1, 0.15) is 33.1 Å². The molecule has 0 saturated carbocycles. The van der Waals surface area contributed by atoms with E-state index in [1.807, 2.05) is 6.92 Å². The van der Waals surface area contributed by atoms with Crippen LogP contribution in [0.15, 0.2) is 18.5 Å². The van der Waals surface area contributed by atoms with Crippen molar-refractivity contribution in [2.45, 2.75) is 48.5 Å². The van der Waals surface area contributed by atoms with Crippen LogP contribution in [-0.2, 0) is 10.0 Å². The van der Waals surface area contributed by atoms with Gasteiger partial charge in [-0.25, -0.2) is 23.2 Å². The molecule has 1 aliphatic rings. The molecule has 3 atom stereocenters. The topological polar surface area (TPSA) is 120 Å². The Morgan fingerprint density at radius 3 is 3.04 bits per heavy atom. The van der Waals surface area contributed by atoms with Gasteiger partial charge in [-0.1, -0.05) is 29.5 Å². The smallest absolute Gasteiger partial charge is 0.320 e. The molecule has 1 saturated heterocycles. The number of carbonyl (C=O) groups is 1. The molecule has 0 aliphatic carbocycles. The molecular weight excluding hydrogens is 483 g/mol. The van der Waals surface area contributed by atoms with Crippen molar-refractivity contribution in [3.8, 4) is 0 Å². The van der Waals surface area contributed by atoms with Gasteiger partial charge in [0.1, 0.15) is 5.52 Å². The summed E-state index contributed by atoms with van der Waals surface area (Å²) in [7, 11) is -3.38. The number of amides is 2. The number of alkyl halides is 1. The predicted molar refractivity (Wildman–Crippen MR) is 112 cm³/mol. The second-order valence-electron chi connectivity index (χ2n) is 6.56. The van der Waals surface area contributed by atoms with Crippen molar-refractivity contribution in [2.75, 3.05) is 11.9 Å². The van der Waals surface area contributed by atoms with E-state index in [1.54, 1.807) is 19.2 Å². The number of aromatic nitrogens is 3. The maximum absolute atomic E-state index is 12.7. The number of sulfonamides is 1. The highest BCUT2D eigenvalue weighted by atomic mass is 127. The zero-order valence-electron chi connectivity index (χ0n) is 15.1. The lowest BCUT2D eigenvalue weighted by Gasteiger charge is -2.38. The summed E-state index contributed by atoms with van der Waals surface area (Å²) in [6.45, 7) is 4.06. The van der Waals surface area contributed by atoms with Crippen molar-refractivity contribution < 1.29 is 13.2 Å². The quantitative estimate of drug-likeness (QED) is 0.327. The molecule has 0 spiro atoms. The number of H-pyrrole nitrogens is 1. The Hall–Kier alpha value is -1.47. The lowest BCUT2D eigenvalue weighted by molar-refractivity contribution is 0.232. The summed E-state index contributed by atoms with van der Waals surface area (Å²) in [5.74, 6) is 0.338. The fourth-order valence-electron chi connectivity index (χ4n) is 2.99. The van der Waals surface area contributed by atoms with Crippen molar-refractivity contribution in [1.82, 2.24) is 24.6 Å². The number of piperidine rings is 1. The first kappa shape index (κ1) is 20.3. The Morgan fingerprint density at radius 2 is 2.30 bits per heavy atom. The van der Waals surface area contributed by atoms with Gasteiger partial charge in [0.2, 0.25) is 10.0 Å². The van der Waals surface area contributed by atoms with Crippen LogP contribution in [0.25, 0.3) is 11.2 Å². The molecular formula is C16H23IN6O3S. The third kappa shape index (κ3) is 4.35. The number of hydrogen-bond acceptors (Lipinski definition) is 5. The van der Waals surface area contributed by atoms with E-state index >= 15 is 0 Å². The molecule has 3 heterocycles. The summed E-state index contributed by atoms with van der Waals surface area (Å²) in [6, 6.07) is 1.07. The number of rotatable bonds is 5. The first-order chi connectivity index (χ1) is 12.8. The molecule has 2 amide bonds. The molecule has 3 unspecified atom stereocenters. The third-order valence-corrected chi connectivity index (χ3v) is 9.06. The summed E-state index contributed by atoms with van der Waals surface area (Å²) < 4.78 is 26.6. The number of nitrogens with one attached hydrogen (secondary N) is 3. The highest BCUT2D eigenvalue weighted by Gasteiger charge is 2.39. The van der Waals surface area contributed by atoms with E-state index in [1.165, 1.54) is 10.5 Å². The largest absolute Gasteiger partial charge is 0.345 e. The van der Waals surface area contributed by atoms with Gasteiger partial charge in [-0.2, -0.15) is 4.31 Å². The maximum Gasteiger partial charge on any atom is 0.320 e. The zero-order valence-corrected chi connectivity index (χ0v) is 18.1. The lowest BCUT2D eigenvalue weighted by atomic mass is 10.1. The van der Waals surface area contributed by atoms with Gasteiger partial charge in [0, 0.05) is 12.7 Å². The second kappa shape index (κ2) is 8.27. The molecule has 3 rings (SSSR count). The summed E-state index contributed by atoms with van der Waals surface area (Å²) in [4.78, 5) is 23.8. The first-order valence-corrected chi connectivity index (χ1v) is 11.6. The number of nitrogens with zero attached hydrogens (tertiary/aromatic N) is 3. The molecule has 148 valence electrons. The van der Waals surface area contributed by atoms with E-state index < -0.39 is 21.3 Å². The highest BCUT2D eigenvalue weighted by molar-refractivity contribution is 14.1. The number of carbonyl (C=O) groups excluding carboxylic acids is 1. The summed E-state index contributed by atoms with van der Waals surface area (Å²) in [6.07, 6.45) is 5.18. The minimum atomic E-state index is -3.38. The van der Waals surface area contributed by atoms with Crippen LogP contribution < -0.4 is 10.6 Å². The SMILES string of the molecule is CCC(C)S(=O)(=O)N1CCCC(NC(=O)Nc2cnc3[nH]ccc3n2)C1I. The fraction of sp³-hybridized carbons (Fsp3) is 0.562. The number of aromatic amines is 1. The Balaban J connectivity index is 1.66. The van der Waals surface area contributed by atoms with Gasteiger partial charge in [0.15, 0.2) is 11.5 Å². The van der Waals surface area contributed by atoms with Crippen LogP contribution in [0.2, 0.25) is 0 Å². The van der Waals surface area contributed by atoms with Gasteiger partial charge in [-0.05, 0) is 32.3 Å². The van der Waals surface area contributed by atoms with E-state index in [9.17, 15) is 13.2 Å². The Bertz CT molecular complexity index is 918. The van der Waals surface area contributed by atoms with E-state index in [2.05, 4.69) is 48.2 Å². The molecule has 9 nitrogen and oxygen atoms in total. The van der Waals surface area contributed by atoms with Crippen LogP contribution in [0.3, 0.4) is 0 Å². The van der Waals surface area contributed by atoms with Crippen molar-refractivity contribution in [3.05, 3.63) is 18.5 Å². The van der Waals surface area contributed by atoms with Crippen LogP contribution in [0.4, 0.5) is 10.6 Å². The van der Waals surface area contributed by atoms with Crippen molar-refractivity contribution in [2.24, 2.45) is 0 Å². The summed E-state index contributed by atoms with van der Waals surface area (Å²) >= 11 is 2.10.